The van der Waals surface area contributed by atoms with Gasteiger partial charge in [-0.25, -0.2) is 0 Å². The predicted molar refractivity (Wildman–Crippen MR) is 125 cm³/mol. The van der Waals surface area contributed by atoms with Gasteiger partial charge < -0.3 is 24.0 Å². The Hall–Kier alpha value is -0.740. The molecule has 0 aromatic heterocycles. The number of halogens is 1. The maximum atomic E-state index is 2.56. The predicted octanol–water partition coefficient (Wildman–Crippen LogP) is 2.90. The third kappa shape index (κ3) is 5.20. The lowest BCUT2D eigenvalue weighted by Crippen LogP contribution is -3.00. The molecule has 0 saturated heterocycles. The molecule has 0 aliphatic heterocycles. The van der Waals surface area contributed by atoms with E-state index in [0.717, 1.165) is 5.75 Å². The van der Waals surface area contributed by atoms with Gasteiger partial charge in [0.2, 0.25) is 0 Å². The Labute approximate surface area is 189 Å². The van der Waals surface area contributed by atoms with Crippen LogP contribution in [0.5, 0.6) is 0 Å². The summed E-state index contributed by atoms with van der Waals surface area (Å²) in [5, 5.41) is 4.21. The maximum absolute atomic E-state index is 2.56. The molecule has 0 bridgehead atoms. The molecule has 0 saturated carbocycles. The molecular weight excluding hydrogens is 498 g/mol. The summed E-state index contributed by atoms with van der Waals surface area (Å²) in [6.45, 7) is 2.22. The third-order valence-electron chi connectivity index (χ3n) is 4.28. The maximum Gasteiger partial charge on any atom is 0.138 e. The summed E-state index contributed by atoms with van der Waals surface area (Å²) in [5.74, 6) is 3.65. The molecule has 0 unspecified atom stereocenters. The Balaban J connectivity index is 0.00000261. The van der Waals surface area contributed by atoms with Gasteiger partial charge in [0.25, 0.3) is 0 Å². The van der Waals surface area contributed by atoms with E-state index in [1.807, 2.05) is 23.5 Å². The lowest BCUT2D eigenvalue weighted by molar-refractivity contribution is -0.00000499. The SMILES string of the molecule is CCS/C(=C/[P+](c1ccccc1)(c1ccccc1)c1ccccc1)SC.[I-]. The van der Waals surface area contributed by atoms with E-state index in [-0.39, 0.29) is 24.0 Å². The molecule has 0 N–H and O–H groups in total. The molecule has 0 spiro atoms. The molecule has 3 aromatic carbocycles. The van der Waals surface area contributed by atoms with Crippen LogP contribution in [0.1, 0.15) is 6.92 Å². The Morgan fingerprint density at radius 1 is 0.741 bits per heavy atom. The zero-order valence-corrected chi connectivity index (χ0v) is 20.3. The summed E-state index contributed by atoms with van der Waals surface area (Å²) >= 11 is 3.80. The lowest BCUT2D eigenvalue weighted by atomic mass is 10.4. The van der Waals surface area contributed by atoms with E-state index >= 15 is 0 Å². The van der Waals surface area contributed by atoms with Gasteiger partial charge in [-0.1, -0.05) is 61.5 Å². The number of hydrogen-bond acceptors (Lipinski definition) is 2. The molecule has 3 rings (SSSR count). The first-order chi connectivity index (χ1) is 12.8. The summed E-state index contributed by atoms with van der Waals surface area (Å²) in [4.78, 5) is 0. The fourth-order valence-electron chi connectivity index (χ4n) is 3.11. The minimum Gasteiger partial charge on any atom is -1.00 e. The van der Waals surface area contributed by atoms with Crippen LogP contribution in [0.3, 0.4) is 0 Å². The summed E-state index contributed by atoms with van der Waals surface area (Å²) in [6.07, 6.45) is 2.18. The summed E-state index contributed by atoms with van der Waals surface area (Å²) in [7, 11) is -1.86. The quantitative estimate of drug-likeness (QED) is 0.346. The van der Waals surface area contributed by atoms with Crippen LogP contribution in [0.4, 0.5) is 0 Å². The largest absolute Gasteiger partial charge is 1.00 e. The number of benzene rings is 3. The van der Waals surface area contributed by atoms with Gasteiger partial charge in [-0.3, -0.25) is 0 Å². The third-order valence-corrected chi connectivity index (χ3v) is 10.7. The topological polar surface area (TPSA) is 0 Å². The second-order valence-electron chi connectivity index (χ2n) is 5.81. The summed E-state index contributed by atoms with van der Waals surface area (Å²) in [6, 6.07) is 33.0. The Bertz CT molecular complexity index is 739. The molecule has 0 fully saturated rings. The van der Waals surface area contributed by atoms with Gasteiger partial charge in [0.05, 0.1) is 10.1 Å². The molecule has 0 atom stereocenters. The van der Waals surface area contributed by atoms with E-state index in [2.05, 4.69) is 110 Å². The molecule has 0 nitrogen and oxygen atoms in total. The standard InChI is InChI=1S/C23H24PS2.HI/c1-3-26-23(25-2)19-24(20-13-7-4-8-14-20,21-15-9-5-10-16-21)22-17-11-6-12-18-22;/h4-19H,3H2,1-2H3;1H/q+1;/p-1/b23-19+;. The summed E-state index contributed by atoms with van der Waals surface area (Å²) < 4.78 is 1.40. The van der Waals surface area contributed by atoms with Crippen molar-refractivity contribution in [1.82, 2.24) is 0 Å². The smallest absolute Gasteiger partial charge is 0.138 e. The van der Waals surface area contributed by atoms with Crippen LogP contribution in [0.15, 0.2) is 101 Å². The zero-order valence-electron chi connectivity index (χ0n) is 15.6. The van der Waals surface area contributed by atoms with Crippen LogP contribution in [-0.2, 0) is 0 Å². The Morgan fingerprint density at radius 2 is 1.11 bits per heavy atom. The molecule has 4 heteroatoms. The highest BCUT2D eigenvalue weighted by molar-refractivity contribution is 8.22. The fourth-order valence-corrected chi connectivity index (χ4v) is 9.47. The van der Waals surface area contributed by atoms with Gasteiger partial charge in [-0.05, 0) is 48.4 Å². The molecule has 3 aromatic rings. The van der Waals surface area contributed by atoms with Crippen molar-refractivity contribution in [2.75, 3.05) is 12.0 Å². The van der Waals surface area contributed by atoms with Crippen molar-refractivity contribution >= 4 is 46.7 Å². The van der Waals surface area contributed by atoms with Gasteiger partial charge in [0.1, 0.15) is 23.2 Å². The number of hydrogen-bond donors (Lipinski definition) is 0. The molecule has 0 heterocycles. The highest BCUT2D eigenvalue weighted by Gasteiger charge is 2.44. The molecule has 140 valence electrons. The zero-order chi connectivity index (χ0) is 18.2. The normalized spacial score (nSPS) is 11.7. The van der Waals surface area contributed by atoms with E-state index in [1.54, 1.807) is 0 Å². The van der Waals surface area contributed by atoms with Crippen molar-refractivity contribution in [3.8, 4) is 0 Å². The van der Waals surface area contributed by atoms with Crippen molar-refractivity contribution in [3.05, 3.63) is 101 Å². The van der Waals surface area contributed by atoms with Gasteiger partial charge in [-0.15, -0.1) is 23.5 Å². The van der Waals surface area contributed by atoms with Crippen LogP contribution < -0.4 is 39.9 Å². The van der Waals surface area contributed by atoms with Gasteiger partial charge in [-0.2, -0.15) is 0 Å². The Morgan fingerprint density at radius 3 is 1.41 bits per heavy atom. The summed E-state index contributed by atoms with van der Waals surface area (Å²) in [5.41, 5.74) is 0. The molecule has 0 radical (unpaired) electrons. The van der Waals surface area contributed by atoms with E-state index in [0.29, 0.717) is 0 Å². The second kappa shape index (κ2) is 11.3. The van der Waals surface area contributed by atoms with Crippen molar-refractivity contribution in [3.63, 3.8) is 0 Å². The average molecular weight is 522 g/mol. The van der Waals surface area contributed by atoms with Crippen molar-refractivity contribution in [2.45, 2.75) is 6.92 Å². The van der Waals surface area contributed by atoms with E-state index < -0.39 is 7.26 Å². The van der Waals surface area contributed by atoms with Crippen LogP contribution >= 0.6 is 30.8 Å². The van der Waals surface area contributed by atoms with Crippen molar-refractivity contribution < 1.29 is 24.0 Å². The first-order valence-electron chi connectivity index (χ1n) is 8.76. The van der Waals surface area contributed by atoms with E-state index in [4.69, 9.17) is 0 Å². The van der Waals surface area contributed by atoms with Crippen LogP contribution in [0.2, 0.25) is 0 Å². The second-order valence-corrected chi connectivity index (χ2v) is 11.5. The number of thioether (sulfide) groups is 2. The molecule has 0 aliphatic carbocycles. The fraction of sp³-hybridized carbons (Fsp3) is 0.130. The Kier molecular flexibility index (Phi) is 9.44. The van der Waals surface area contributed by atoms with E-state index in [9.17, 15) is 0 Å². The highest BCUT2D eigenvalue weighted by Crippen LogP contribution is 2.59. The molecular formula is C23H24IPS2. The van der Waals surface area contributed by atoms with Gasteiger partial charge >= 0.3 is 0 Å². The van der Waals surface area contributed by atoms with E-state index in [1.165, 1.54) is 20.2 Å². The van der Waals surface area contributed by atoms with Crippen LogP contribution in [-0.4, -0.2) is 12.0 Å². The molecule has 0 aliphatic rings. The monoisotopic (exact) mass is 522 g/mol. The van der Waals surface area contributed by atoms with Gasteiger partial charge in [0.15, 0.2) is 0 Å². The first kappa shape index (κ1) is 22.5. The average Bonchev–Trinajstić information content (AvgIpc) is 2.73. The highest BCUT2D eigenvalue weighted by atomic mass is 127. The minimum atomic E-state index is -1.86. The minimum absolute atomic E-state index is 0. The number of rotatable bonds is 7. The van der Waals surface area contributed by atoms with Crippen molar-refractivity contribution in [1.29, 1.82) is 0 Å². The first-order valence-corrected chi connectivity index (χ1v) is 12.8. The van der Waals surface area contributed by atoms with Crippen LogP contribution in [0, 0.1) is 0 Å². The van der Waals surface area contributed by atoms with Crippen molar-refractivity contribution in [2.24, 2.45) is 0 Å². The lowest BCUT2D eigenvalue weighted by Gasteiger charge is -2.25. The molecule has 27 heavy (non-hydrogen) atoms. The molecule has 0 amide bonds. The van der Waals surface area contributed by atoms with Gasteiger partial charge in [0, 0.05) is 0 Å². The van der Waals surface area contributed by atoms with Crippen LogP contribution in [0.25, 0.3) is 0 Å².